The van der Waals surface area contributed by atoms with E-state index in [1.165, 1.54) is 15.6 Å². The lowest BCUT2D eigenvalue weighted by atomic mass is 9.98. The first-order valence-electron chi connectivity index (χ1n) is 9.70. The second-order valence-corrected chi connectivity index (χ2v) is 10.9. The molecular weight excluding hydrogens is 408 g/mol. The van der Waals surface area contributed by atoms with Crippen LogP contribution in [0.3, 0.4) is 0 Å². The van der Waals surface area contributed by atoms with E-state index < -0.39 is 10.0 Å². The molecular formula is C21H24N2O4S2. The minimum atomic E-state index is -3.55. The molecule has 1 aliphatic heterocycles. The zero-order valence-corrected chi connectivity index (χ0v) is 18.1. The lowest BCUT2D eigenvalue weighted by Gasteiger charge is -2.31. The monoisotopic (exact) mass is 432 g/mol. The van der Waals surface area contributed by atoms with Gasteiger partial charge in [-0.15, -0.1) is 11.3 Å². The molecule has 0 spiro atoms. The molecule has 1 aromatic carbocycles. The van der Waals surface area contributed by atoms with Crippen LogP contribution in [0.25, 0.3) is 11.0 Å². The van der Waals surface area contributed by atoms with E-state index in [1.54, 1.807) is 12.1 Å². The smallest absolute Gasteiger partial charge is 0.252 e. The van der Waals surface area contributed by atoms with Crippen molar-refractivity contribution in [1.82, 2.24) is 9.62 Å². The highest BCUT2D eigenvalue weighted by Gasteiger charge is 2.34. The molecule has 3 heterocycles. The first kappa shape index (κ1) is 20.1. The van der Waals surface area contributed by atoms with Crippen molar-refractivity contribution in [2.45, 2.75) is 36.9 Å². The van der Waals surface area contributed by atoms with Gasteiger partial charge < -0.3 is 9.73 Å². The Morgan fingerprint density at radius 2 is 2.07 bits per heavy atom. The highest BCUT2D eigenvalue weighted by Crippen LogP contribution is 2.29. The number of benzene rings is 1. The van der Waals surface area contributed by atoms with E-state index in [0.29, 0.717) is 29.4 Å². The first-order chi connectivity index (χ1) is 13.8. The summed E-state index contributed by atoms with van der Waals surface area (Å²) in [6.07, 6.45) is 1.34. The molecule has 2 unspecified atom stereocenters. The zero-order chi connectivity index (χ0) is 20.6. The molecule has 4 rings (SSSR count). The van der Waals surface area contributed by atoms with Gasteiger partial charge in [0.25, 0.3) is 10.0 Å². The quantitative estimate of drug-likeness (QED) is 0.659. The number of nitrogens with zero attached hydrogens (tertiary/aromatic N) is 1. The molecule has 2 aromatic heterocycles. The molecule has 8 heteroatoms. The van der Waals surface area contributed by atoms with E-state index >= 15 is 0 Å². The van der Waals surface area contributed by atoms with Gasteiger partial charge in [0.05, 0.1) is 12.0 Å². The Kier molecular flexibility index (Phi) is 5.50. The number of carbonyl (C=O) groups is 1. The molecule has 1 saturated heterocycles. The van der Waals surface area contributed by atoms with Crippen molar-refractivity contribution < 1.29 is 17.6 Å². The van der Waals surface area contributed by atoms with E-state index in [9.17, 15) is 13.2 Å². The SMILES string of the molecule is Cc1ccc(S(=O)(=O)N2CCCC(C(=O)NC(C)c3cc4ccccc4o3)C2)s1. The standard InChI is InChI=1S/C21H24N2O4S2/c1-14-9-10-20(28-14)29(25,26)23-11-5-7-17(13-23)21(24)22-15(2)19-12-16-6-3-4-8-18(16)27-19/h3-4,6,8-10,12,15,17H,5,7,11,13H2,1-2H3,(H,22,24). The number of furan rings is 1. The molecule has 6 nitrogen and oxygen atoms in total. The highest BCUT2D eigenvalue weighted by atomic mass is 32.2. The molecule has 2 atom stereocenters. The van der Waals surface area contributed by atoms with Crippen LogP contribution in [0.5, 0.6) is 0 Å². The van der Waals surface area contributed by atoms with Crippen LogP contribution < -0.4 is 5.32 Å². The van der Waals surface area contributed by atoms with E-state index in [0.717, 1.165) is 15.8 Å². The number of para-hydroxylation sites is 1. The van der Waals surface area contributed by atoms with E-state index in [4.69, 9.17) is 4.42 Å². The summed E-state index contributed by atoms with van der Waals surface area (Å²) in [5, 5.41) is 3.98. The summed E-state index contributed by atoms with van der Waals surface area (Å²) < 4.78 is 33.4. The highest BCUT2D eigenvalue weighted by molar-refractivity contribution is 7.91. The molecule has 154 valence electrons. The molecule has 1 fully saturated rings. The molecule has 0 bridgehead atoms. The number of nitrogens with one attached hydrogen (secondary N) is 1. The summed E-state index contributed by atoms with van der Waals surface area (Å²) in [6.45, 7) is 4.41. The second-order valence-electron chi connectivity index (χ2n) is 7.48. The van der Waals surface area contributed by atoms with Gasteiger partial charge in [-0.05, 0) is 51.0 Å². The number of aryl methyl sites for hydroxylation is 1. The Morgan fingerprint density at radius 1 is 1.28 bits per heavy atom. The van der Waals surface area contributed by atoms with Crippen LogP contribution in [-0.4, -0.2) is 31.7 Å². The van der Waals surface area contributed by atoms with Crippen molar-refractivity contribution in [3.05, 3.63) is 53.1 Å². The fraction of sp³-hybridized carbons (Fsp3) is 0.381. The average Bonchev–Trinajstić information content (AvgIpc) is 3.34. The Labute approximate surface area is 174 Å². The molecule has 1 N–H and O–H groups in total. The van der Waals surface area contributed by atoms with Gasteiger partial charge in [0.1, 0.15) is 15.6 Å². The molecule has 1 amide bonds. The number of hydrogen-bond acceptors (Lipinski definition) is 5. The van der Waals surface area contributed by atoms with E-state index in [1.807, 2.05) is 44.2 Å². The summed E-state index contributed by atoms with van der Waals surface area (Å²) in [6, 6.07) is 12.8. The molecule has 0 radical (unpaired) electrons. The topological polar surface area (TPSA) is 79.6 Å². The Morgan fingerprint density at radius 3 is 2.79 bits per heavy atom. The Balaban J connectivity index is 1.44. The van der Waals surface area contributed by atoms with E-state index in [2.05, 4.69) is 5.32 Å². The van der Waals surface area contributed by atoms with Crippen LogP contribution in [0.1, 0.15) is 36.4 Å². The second kappa shape index (κ2) is 7.93. The van der Waals surface area contributed by atoms with Crippen molar-refractivity contribution in [1.29, 1.82) is 0 Å². The summed E-state index contributed by atoms with van der Waals surface area (Å²) >= 11 is 1.27. The third-order valence-corrected chi connectivity index (χ3v) is 8.63. The van der Waals surface area contributed by atoms with Crippen molar-refractivity contribution in [3.63, 3.8) is 0 Å². The molecule has 3 aromatic rings. The first-order valence-corrected chi connectivity index (χ1v) is 12.0. The van der Waals surface area contributed by atoms with Crippen LogP contribution in [0.4, 0.5) is 0 Å². The fourth-order valence-electron chi connectivity index (χ4n) is 3.67. The normalized spacial score (nSPS) is 19.3. The average molecular weight is 433 g/mol. The largest absolute Gasteiger partial charge is 0.459 e. The minimum absolute atomic E-state index is 0.139. The van der Waals surface area contributed by atoms with Crippen LogP contribution >= 0.6 is 11.3 Å². The van der Waals surface area contributed by atoms with Gasteiger partial charge in [0.15, 0.2) is 0 Å². The van der Waals surface area contributed by atoms with Crippen LogP contribution in [0.2, 0.25) is 0 Å². The van der Waals surface area contributed by atoms with Crippen molar-refractivity contribution in [2.75, 3.05) is 13.1 Å². The predicted molar refractivity (Wildman–Crippen MR) is 113 cm³/mol. The lowest BCUT2D eigenvalue weighted by Crippen LogP contribution is -2.45. The predicted octanol–water partition coefficient (Wildman–Crippen LogP) is 4.08. The third kappa shape index (κ3) is 4.10. The summed E-state index contributed by atoms with van der Waals surface area (Å²) in [5.41, 5.74) is 0.782. The number of thiophene rings is 1. The van der Waals surface area contributed by atoms with Gasteiger partial charge in [0, 0.05) is 23.4 Å². The van der Waals surface area contributed by atoms with Crippen molar-refractivity contribution in [3.8, 4) is 0 Å². The van der Waals surface area contributed by atoms with Gasteiger partial charge in [-0.25, -0.2) is 8.42 Å². The molecule has 0 saturated carbocycles. The molecule has 0 aliphatic carbocycles. The van der Waals surface area contributed by atoms with Gasteiger partial charge in [-0.2, -0.15) is 4.31 Å². The number of fused-ring (bicyclic) bond motifs is 1. The Hall–Kier alpha value is -2.16. The van der Waals surface area contributed by atoms with Crippen molar-refractivity contribution >= 4 is 38.2 Å². The summed E-state index contributed by atoms with van der Waals surface area (Å²) in [4.78, 5) is 13.8. The van der Waals surface area contributed by atoms with E-state index in [-0.39, 0.29) is 24.4 Å². The van der Waals surface area contributed by atoms with Crippen LogP contribution in [0.15, 0.2) is 51.1 Å². The number of piperidine rings is 1. The maximum absolute atomic E-state index is 12.9. The third-order valence-electron chi connectivity index (χ3n) is 5.29. The lowest BCUT2D eigenvalue weighted by molar-refractivity contribution is -0.126. The maximum Gasteiger partial charge on any atom is 0.252 e. The van der Waals surface area contributed by atoms with Gasteiger partial charge in [-0.3, -0.25) is 4.79 Å². The molecule has 29 heavy (non-hydrogen) atoms. The number of rotatable bonds is 5. The van der Waals surface area contributed by atoms with Crippen LogP contribution in [0, 0.1) is 12.8 Å². The Bertz CT molecular complexity index is 1100. The number of carbonyl (C=O) groups excluding carboxylic acids is 1. The zero-order valence-electron chi connectivity index (χ0n) is 16.4. The van der Waals surface area contributed by atoms with Gasteiger partial charge >= 0.3 is 0 Å². The number of amides is 1. The summed E-state index contributed by atoms with van der Waals surface area (Å²) in [5.74, 6) is 0.181. The van der Waals surface area contributed by atoms with Gasteiger partial charge in [0.2, 0.25) is 5.91 Å². The summed E-state index contributed by atoms with van der Waals surface area (Å²) in [7, 11) is -3.55. The maximum atomic E-state index is 12.9. The number of hydrogen-bond donors (Lipinski definition) is 1. The number of sulfonamides is 1. The fourth-order valence-corrected chi connectivity index (χ4v) is 6.63. The van der Waals surface area contributed by atoms with Crippen molar-refractivity contribution in [2.24, 2.45) is 5.92 Å². The minimum Gasteiger partial charge on any atom is -0.459 e. The molecule has 1 aliphatic rings. The van der Waals surface area contributed by atoms with Crippen LogP contribution in [-0.2, 0) is 14.8 Å². The van der Waals surface area contributed by atoms with Gasteiger partial charge in [-0.1, -0.05) is 18.2 Å².